The Hall–Kier alpha value is -3.60. The van der Waals surface area contributed by atoms with Crippen molar-refractivity contribution >= 4 is 11.8 Å². The highest BCUT2D eigenvalue weighted by Crippen LogP contribution is 2.36. The Kier molecular flexibility index (Phi) is 6.26. The van der Waals surface area contributed by atoms with Crippen molar-refractivity contribution in [2.75, 3.05) is 27.2 Å². The van der Waals surface area contributed by atoms with Crippen LogP contribution in [0.4, 0.5) is 0 Å². The first-order valence-electron chi connectivity index (χ1n) is 10.8. The fourth-order valence-corrected chi connectivity index (χ4v) is 4.54. The third kappa shape index (κ3) is 4.37. The van der Waals surface area contributed by atoms with Gasteiger partial charge in [-0.2, -0.15) is 0 Å². The van der Waals surface area contributed by atoms with Gasteiger partial charge in [0.15, 0.2) is 0 Å². The fourth-order valence-electron chi connectivity index (χ4n) is 4.54. The molecule has 1 aliphatic heterocycles. The third-order valence-corrected chi connectivity index (χ3v) is 6.24. The molecule has 0 aliphatic carbocycles. The monoisotopic (exact) mass is 428 g/mol. The number of methoxy groups -OCH3 is 1. The summed E-state index contributed by atoms with van der Waals surface area (Å²) in [4.78, 5) is 28.0. The molecule has 0 radical (unpaired) electrons. The SMILES string of the molecule is CNC(=O)[C@@]1(Cc2cccc(-c3ccccc3)c2)CCN(C(=O)c2cccc(OC)c2)C1. The molecule has 0 unspecified atom stereocenters. The van der Waals surface area contributed by atoms with E-state index in [1.54, 1.807) is 31.2 Å². The number of hydrogen-bond acceptors (Lipinski definition) is 3. The second kappa shape index (κ2) is 9.27. The number of nitrogens with zero attached hydrogens (tertiary/aromatic N) is 1. The van der Waals surface area contributed by atoms with E-state index in [1.165, 1.54) is 0 Å². The molecule has 0 spiro atoms. The smallest absolute Gasteiger partial charge is 0.254 e. The molecule has 1 N–H and O–H groups in total. The number of likely N-dealkylation sites (tertiary alicyclic amines) is 1. The maximum Gasteiger partial charge on any atom is 0.254 e. The van der Waals surface area contributed by atoms with Crippen molar-refractivity contribution in [3.8, 4) is 16.9 Å². The molecule has 3 aromatic carbocycles. The van der Waals surface area contributed by atoms with Crippen LogP contribution < -0.4 is 10.1 Å². The summed E-state index contributed by atoms with van der Waals surface area (Å²) < 4.78 is 5.26. The van der Waals surface area contributed by atoms with Gasteiger partial charge in [-0.15, -0.1) is 0 Å². The van der Waals surface area contributed by atoms with Gasteiger partial charge < -0.3 is 15.0 Å². The van der Waals surface area contributed by atoms with Gasteiger partial charge in [0.1, 0.15) is 5.75 Å². The highest BCUT2D eigenvalue weighted by molar-refractivity contribution is 5.96. The van der Waals surface area contributed by atoms with Crippen LogP contribution >= 0.6 is 0 Å². The van der Waals surface area contributed by atoms with E-state index in [-0.39, 0.29) is 11.8 Å². The molecule has 0 aromatic heterocycles. The highest BCUT2D eigenvalue weighted by atomic mass is 16.5. The normalized spacial score (nSPS) is 17.8. The van der Waals surface area contributed by atoms with Crippen LogP contribution in [0.15, 0.2) is 78.9 Å². The molecule has 1 fully saturated rings. The number of benzene rings is 3. The predicted octanol–water partition coefficient (Wildman–Crippen LogP) is 4.18. The van der Waals surface area contributed by atoms with Crippen molar-refractivity contribution in [2.45, 2.75) is 12.8 Å². The van der Waals surface area contributed by atoms with E-state index in [2.05, 4.69) is 35.6 Å². The molecule has 5 heteroatoms. The molecule has 164 valence electrons. The second-order valence-electron chi connectivity index (χ2n) is 8.31. The number of hydrogen-bond donors (Lipinski definition) is 1. The Balaban J connectivity index is 1.58. The van der Waals surface area contributed by atoms with Gasteiger partial charge in [0, 0.05) is 25.7 Å². The summed E-state index contributed by atoms with van der Waals surface area (Å²) in [6, 6.07) is 25.7. The van der Waals surface area contributed by atoms with E-state index < -0.39 is 5.41 Å². The first-order chi connectivity index (χ1) is 15.5. The number of carbonyl (C=O) groups excluding carboxylic acids is 2. The van der Waals surface area contributed by atoms with Crippen LogP contribution in [0.5, 0.6) is 5.75 Å². The molecule has 1 aliphatic rings. The number of carbonyl (C=O) groups is 2. The molecule has 1 heterocycles. The van der Waals surface area contributed by atoms with Gasteiger partial charge in [0.2, 0.25) is 5.91 Å². The molecule has 3 aromatic rings. The van der Waals surface area contributed by atoms with E-state index in [4.69, 9.17) is 4.74 Å². The van der Waals surface area contributed by atoms with E-state index in [9.17, 15) is 9.59 Å². The Morgan fingerprint density at radius 1 is 0.969 bits per heavy atom. The lowest BCUT2D eigenvalue weighted by atomic mass is 9.79. The zero-order valence-electron chi connectivity index (χ0n) is 18.5. The van der Waals surface area contributed by atoms with Gasteiger partial charge in [-0.1, -0.05) is 60.7 Å². The van der Waals surface area contributed by atoms with Gasteiger partial charge >= 0.3 is 0 Å². The van der Waals surface area contributed by atoms with E-state index >= 15 is 0 Å². The Bertz CT molecular complexity index is 1110. The summed E-state index contributed by atoms with van der Waals surface area (Å²) in [5.41, 5.74) is 3.27. The number of ether oxygens (including phenoxy) is 1. The largest absolute Gasteiger partial charge is 0.497 e. The molecular formula is C27H28N2O3. The van der Waals surface area contributed by atoms with Gasteiger partial charge in [-0.3, -0.25) is 9.59 Å². The van der Waals surface area contributed by atoms with E-state index in [0.717, 1.165) is 16.7 Å². The van der Waals surface area contributed by atoms with Gasteiger partial charge in [-0.25, -0.2) is 0 Å². The van der Waals surface area contributed by atoms with Crippen LogP contribution in [-0.4, -0.2) is 44.0 Å². The van der Waals surface area contributed by atoms with Crippen molar-refractivity contribution in [3.63, 3.8) is 0 Å². The van der Waals surface area contributed by atoms with Crippen LogP contribution in [0, 0.1) is 5.41 Å². The minimum absolute atomic E-state index is 0.0245. The zero-order valence-corrected chi connectivity index (χ0v) is 18.5. The molecule has 4 rings (SSSR count). The van der Waals surface area contributed by atoms with Crippen LogP contribution in [0.25, 0.3) is 11.1 Å². The third-order valence-electron chi connectivity index (χ3n) is 6.24. The lowest BCUT2D eigenvalue weighted by Crippen LogP contribution is -2.44. The van der Waals surface area contributed by atoms with E-state index in [0.29, 0.717) is 37.2 Å². The van der Waals surface area contributed by atoms with Crippen molar-refractivity contribution in [1.82, 2.24) is 10.2 Å². The maximum atomic E-state index is 13.1. The van der Waals surface area contributed by atoms with Crippen LogP contribution in [0.2, 0.25) is 0 Å². The zero-order chi connectivity index (χ0) is 22.6. The average Bonchev–Trinajstić information content (AvgIpc) is 3.28. The number of amides is 2. The number of rotatable bonds is 6. The molecule has 1 atom stereocenters. The average molecular weight is 429 g/mol. The molecular weight excluding hydrogens is 400 g/mol. The quantitative estimate of drug-likeness (QED) is 0.641. The van der Waals surface area contributed by atoms with Crippen molar-refractivity contribution < 1.29 is 14.3 Å². The lowest BCUT2D eigenvalue weighted by Gasteiger charge is -2.28. The van der Waals surface area contributed by atoms with Crippen LogP contribution in [-0.2, 0) is 11.2 Å². The Morgan fingerprint density at radius 3 is 2.47 bits per heavy atom. The molecule has 2 amide bonds. The summed E-state index contributed by atoms with van der Waals surface area (Å²) in [5.74, 6) is 0.543. The van der Waals surface area contributed by atoms with Gasteiger partial charge in [-0.05, 0) is 47.7 Å². The molecule has 0 bridgehead atoms. The fraction of sp³-hybridized carbons (Fsp3) is 0.259. The minimum atomic E-state index is -0.654. The van der Waals surface area contributed by atoms with Crippen LogP contribution in [0.1, 0.15) is 22.3 Å². The minimum Gasteiger partial charge on any atom is -0.497 e. The lowest BCUT2D eigenvalue weighted by molar-refractivity contribution is -0.129. The first-order valence-corrected chi connectivity index (χ1v) is 10.8. The summed E-state index contributed by atoms with van der Waals surface area (Å²) in [7, 11) is 3.25. The van der Waals surface area contributed by atoms with Crippen molar-refractivity contribution in [1.29, 1.82) is 0 Å². The standard InChI is InChI=1S/C27H28N2O3/c1-28-26(31)27(18-20-8-6-11-22(16-20)21-9-4-3-5-10-21)14-15-29(19-27)25(30)23-12-7-13-24(17-23)32-2/h3-13,16-17H,14-15,18-19H2,1-2H3,(H,28,31)/t27-/m1/s1. The molecule has 1 saturated heterocycles. The summed E-state index contributed by atoms with van der Waals surface area (Å²) in [5, 5.41) is 2.83. The Labute approximate surface area is 189 Å². The number of nitrogens with one attached hydrogen (secondary N) is 1. The maximum absolute atomic E-state index is 13.1. The summed E-state index contributed by atoms with van der Waals surface area (Å²) in [6.45, 7) is 0.931. The predicted molar refractivity (Wildman–Crippen MR) is 126 cm³/mol. The summed E-state index contributed by atoms with van der Waals surface area (Å²) in [6.07, 6.45) is 1.20. The van der Waals surface area contributed by atoms with Crippen LogP contribution in [0.3, 0.4) is 0 Å². The van der Waals surface area contributed by atoms with Crippen molar-refractivity contribution in [3.05, 3.63) is 90.0 Å². The van der Waals surface area contributed by atoms with E-state index in [1.807, 2.05) is 36.4 Å². The van der Waals surface area contributed by atoms with Gasteiger partial charge in [0.05, 0.1) is 12.5 Å². The molecule has 32 heavy (non-hydrogen) atoms. The molecule has 5 nitrogen and oxygen atoms in total. The molecule has 0 saturated carbocycles. The van der Waals surface area contributed by atoms with Crippen molar-refractivity contribution in [2.24, 2.45) is 5.41 Å². The summed E-state index contributed by atoms with van der Waals surface area (Å²) >= 11 is 0. The topological polar surface area (TPSA) is 58.6 Å². The highest BCUT2D eigenvalue weighted by Gasteiger charge is 2.45. The van der Waals surface area contributed by atoms with Gasteiger partial charge in [0.25, 0.3) is 5.91 Å². The first kappa shape index (κ1) is 21.6. The second-order valence-corrected chi connectivity index (χ2v) is 8.31. The Morgan fingerprint density at radius 2 is 1.72 bits per heavy atom.